The van der Waals surface area contributed by atoms with E-state index in [9.17, 15) is 9.59 Å². The zero-order valence-corrected chi connectivity index (χ0v) is 12.8. The SMILES string of the molecule is CC(C)NC(=O)CN1c2ccccc2[C@H](C(N)=O)C[C@@H]1C. The van der Waals surface area contributed by atoms with E-state index in [4.69, 9.17) is 5.73 Å². The van der Waals surface area contributed by atoms with E-state index >= 15 is 0 Å². The summed E-state index contributed by atoms with van der Waals surface area (Å²) in [4.78, 5) is 25.8. The van der Waals surface area contributed by atoms with Crippen LogP contribution in [0, 0.1) is 0 Å². The van der Waals surface area contributed by atoms with Crippen LogP contribution >= 0.6 is 0 Å². The van der Waals surface area contributed by atoms with Crippen molar-refractivity contribution in [2.75, 3.05) is 11.4 Å². The molecule has 1 aromatic rings. The van der Waals surface area contributed by atoms with Crippen molar-refractivity contribution in [2.24, 2.45) is 5.73 Å². The molecule has 0 aliphatic carbocycles. The van der Waals surface area contributed by atoms with Crippen LogP contribution in [0.1, 0.15) is 38.7 Å². The number of nitrogens with two attached hydrogens (primary N) is 1. The van der Waals surface area contributed by atoms with E-state index in [1.807, 2.05) is 49.9 Å². The highest BCUT2D eigenvalue weighted by atomic mass is 16.2. The highest BCUT2D eigenvalue weighted by Crippen LogP contribution is 2.37. The molecule has 0 saturated heterocycles. The van der Waals surface area contributed by atoms with Crippen molar-refractivity contribution < 1.29 is 9.59 Å². The molecule has 0 aromatic heterocycles. The van der Waals surface area contributed by atoms with Crippen LogP contribution in [-0.2, 0) is 9.59 Å². The third-order valence-electron chi connectivity index (χ3n) is 3.84. The minimum Gasteiger partial charge on any atom is -0.369 e. The lowest BCUT2D eigenvalue weighted by Crippen LogP contribution is -2.47. The fourth-order valence-corrected chi connectivity index (χ4v) is 2.91. The number of primary amides is 1. The zero-order valence-electron chi connectivity index (χ0n) is 12.8. The second kappa shape index (κ2) is 6.16. The number of fused-ring (bicyclic) bond motifs is 1. The summed E-state index contributed by atoms with van der Waals surface area (Å²) >= 11 is 0. The van der Waals surface area contributed by atoms with Gasteiger partial charge in [-0.2, -0.15) is 0 Å². The molecule has 21 heavy (non-hydrogen) atoms. The summed E-state index contributed by atoms with van der Waals surface area (Å²) in [5, 5.41) is 2.90. The number of amides is 2. The third-order valence-corrected chi connectivity index (χ3v) is 3.84. The topological polar surface area (TPSA) is 75.4 Å². The van der Waals surface area contributed by atoms with Crippen LogP contribution in [0.2, 0.25) is 0 Å². The van der Waals surface area contributed by atoms with Crippen LogP contribution in [0.15, 0.2) is 24.3 Å². The molecule has 5 heteroatoms. The van der Waals surface area contributed by atoms with E-state index in [0.29, 0.717) is 13.0 Å². The van der Waals surface area contributed by atoms with Crippen LogP contribution in [0.3, 0.4) is 0 Å². The first-order chi connectivity index (χ1) is 9.90. The first-order valence-electron chi connectivity index (χ1n) is 7.34. The number of carbonyl (C=O) groups excluding carboxylic acids is 2. The van der Waals surface area contributed by atoms with Crippen LogP contribution in [0.5, 0.6) is 0 Å². The molecule has 1 aromatic carbocycles. The Bertz CT molecular complexity index is 542. The number of nitrogens with one attached hydrogen (secondary N) is 1. The number of rotatable bonds is 4. The predicted molar refractivity (Wildman–Crippen MR) is 83.1 cm³/mol. The summed E-state index contributed by atoms with van der Waals surface area (Å²) in [6, 6.07) is 7.90. The van der Waals surface area contributed by atoms with E-state index in [1.165, 1.54) is 0 Å². The molecule has 0 radical (unpaired) electrons. The second-order valence-electron chi connectivity index (χ2n) is 5.95. The largest absolute Gasteiger partial charge is 0.369 e. The molecule has 114 valence electrons. The highest BCUT2D eigenvalue weighted by molar-refractivity contribution is 5.87. The van der Waals surface area contributed by atoms with Gasteiger partial charge in [-0.25, -0.2) is 0 Å². The Morgan fingerprint density at radius 2 is 2.05 bits per heavy atom. The molecule has 1 aliphatic rings. The molecule has 3 N–H and O–H groups in total. The van der Waals surface area contributed by atoms with E-state index in [2.05, 4.69) is 5.32 Å². The average Bonchev–Trinajstić information content (AvgIpc) is 2.40. The summed E-state index contributed by atoms with van der Waals surface area (Å²) in [7, 11) is 0. The summed E-state index contributed by atoms with van der Waals surface area (Å²) in [6.07, 6.45) is 0.640. The molecule has 0 bridgehead atoms. The number of para-hydroxylation sites is 1. The van der Waals surface area contributed by atoms with Gasteiger partial charge in [0.1, 0.15) is 0 Å². The molecular weight excluding hydrogens is 266 g/mol. The molecule has 0 fully saturated rings. The Kier molecular flexibility index (Phi) is 4.50. The van der Waals surface area contributed by atoms with Crippen molar-refractivity contribution in [3.8, 4) is 0 Å². The molecule has 2 rings (SSSR count). The second-order valence-corrected chi connectivity index (χ2v) is 5.95. The minimum absolute atomic E-state index is 0.0100. The van der Waals surface area contributed by atoms with Crippen LogP contribution in [0.25, 0.3) is 0 Å². The molecule has 2 atom stereocenters. The number of carbonyl (C=O) groups is 2. The smallest absolute Gasteiger partial charge is 0.239 e. The predicted octanol–water partition coefficient (Wildman–Crippen LogP) is 1.38. The van der Waals surface area contributed by atoms with Gasteiger partial charge in [0.25, 0.3) is 0 Å². The number of nitrogens with zero attached hydrogens (tertiary/aromatic N) is 1. The third kappa shape index (κ3) is 3.35. The lowest BCUT2D eigenvalue weighted by Gasteiger charge is -2.39. The molecule has 0 unspecified atom stereocenters. The first kappa shape index (κ1) is 15.4. The van der Waals surface area contributed by atoms with Crippen molar-refractivity contribution in [3.63, 3.8) is 0 Å². The van der Waals surface area contributed by atoms with Crippen LogP contribution in [-0.4, -0.2) is 30.4 Å². The van der Waals surface area contributed by atoms with Crippen LogP contribution < -0.4 is 16.0 Å². The molecule has 0 spiro atoms. The molecule has 2 amide bonds. The molecule has 5 nitrogen and oxygen atoms in total. The fourth-order valence-electron chi connectivity index (χ4n) is 2.91. The number of benzene rings is 1. The van der Waals surface area contributed by atoms with Gasteiger partial charge in [-0.15, -0.1) is 0 Å². The Morgan fingerprint density at radius 1 is 1.38 bits per heavy atom. The number of anilines is 1. The summed E-state index contributed by atoms with van der Waals surface area (Å²) in [5.41, 5.74) is 7.37. The van der Waals surface area contributed by atoms with E-state index in [1.54, 1.807) is 0 Å². The van der Waals surface area contributed by atoms with E-state index < -0.39 is 0 Å². The summed E-state index contributed by atoms with van der Waals surface area (Å²) < 4.78 is 0. The van der Waals surface area contributed by atoms with Crippen molar-refractivity contribution in [1.82, 2.24) is 5.32 Å². The number of hydrogen-bond donors (Lipinski definition) is 2. The van der Waals surface area contributed by atoms with Gasteiger partial charge >= 0.3 is 0 Å². The minimum atomic E-state index is -0.305. The van der Waals surface area contributed by atoms with Gasteiger partial charge in [-0.05, 0) is 38.8 Å². The summed E-state index contributed by atoms with van der Waals surface area (Å²) in [6.45, 7) is 6.19. The Labute approximate surface area is 125 Å². The Hall–Kier alpha value is -2.04. The maximum Gasteiger partial charge on any atom is 0.239 e. The highest BCUT2D eigenvalue weighted by Gasteiger charge is 2.33. The molecule has 1 heterocycles. The van der Waals surface area contributed by atoms with Crippen molar-refractivity contribution in [1.29, 1.82) is 0 Å². The lowest BCUT2D eigenvalue weighted by molar-refractivity contribution is -0.120. The Balaban J connectivity index is 2.28. The van der Waals surface area contributed by atoms with Crippen molar-refractivity contribution >= 4 is 17.5 Å². The molecule has 1 aliphatic heterocycles. The van der Waals surface area contributed by atoms with Crippen LogP contribution in [0.4, 0.5) is 5.69 Å². The van der Waals surface area contributed by atoms with Crippen molar-refractivity contribution in [3.05, 3.63) is 29.8 Å². The Morgan fingerprint density at radius 3 is 2.67 bits per heavy atom. The normalized spacial score (nSPS) is 21.0. The van der Waals surface area contributed by atoms with E-state index in [-0.39, 0.29) is 29.8 Å². The van der Waals surface area contributed by atoms with Gasteiger partial charge in [-0.1, -0.05) is 18.2 Å². The van der Waals surface area contributed by atoms with Gasteiger partial charge in [0.2, 0.25) is 11.8 Å². The summed E-state index contributed by atoms with van der Waals surface area (Å²) in [5.74, 6) is -0.592. The van der Waals surface area contributed by atoms with E-state index in [0.717, 1.165) is 11.3 Å². The van der Waals surface area contributed by atoms with Gasteiger partial charge in [0.15, 0.2) is 0 Å². The maximum absolute atomic E-state index is 12.0. The van der Waals surface area contributed by atoms with Gasteiger partial charge in [0.05, 0.1) is 12.5 Å². The first-order valence-corrected chi connectivity index (χ1v) is 7.34. The zero-order chi connectivity index (χ0) is 15.6. The monoisotopic (exact) mass is 289 g/mol. The molecular formula is C16H23N3O2. The quantitative estimate of drug-likeness (QED) is 0.879. The number of hydrogen-bond acceptors (Lipinski definition) is 3. The molecule has 0 saturated carbocycles. The van der Waals surface area contributed by atoms with Crippen molar-refractivity contribution in [2.45, 2.75) is 45.2 Å². The fraction of sp³-hybridized carbons (Fsp3) is 0.500. The van der Waals surface area contributed by atoms with Gasteiger partial charge < -0.3 is 16.0 Å². The van der Waals surface area contributed by atoms with Gasteiger partial charge in [0, 0.05) is 17.8 Å². The standard InChI is InChI=1S/C16H23N3O2/c1-10(2)18-15(20)9-19-11(3)8-13(16(17)21)12-6-4-5-7-14(12)19/h4-7,10-11,13H,8-9H2,1-3H3,(H2,17,21)(H,18,20)/t11-,13+/m0/s1. The lowest BCUT2D eigenvalue weighted by atomic mass is 9.85. The average molecular weight is 289 g/mol. The van der Waals surface area contributed by atoms with Gasteiger partial charge in [-0.3, -0.25) is 9.59 Å². The maximum atomic E-state index is 12.0.